The Morgan fingerprint density at radius 2 is 0.833 bits per heavy atom. The first-order chi connectivity index (χ1) is 14.7. The van der Waals surface area contributed by atoms with Crippen molar-refractivity contribution in [2.24, 2.45) is 0 Å². The highest BCUT2D eigenvalue weighted by atomic mass is 31.2. The number of hydrogen-bond donors (Lipinski definition) is 2. The largest absolute Gasteiger partial charge is 0.507 e. The Morgan fingerprint density at radius 1 is 0.500 bits per heavy atom. The van der Waals surface area contributed by atoms with Crippen LogP contribution in [-0.2, 0) is 0 Å². The Morgan fingerprint density at radius 3 is 1.20 bits per heavy atom. The van der Waals surface area contributed by atoms with Crippen molar-refractivity contribution in [1.29, 1.82) is 0 Å². The Hall–Kier alpha value is -2.66. The van der Waals surface area contributed by atoms with E-state index in [0.29, 0.717) is 11.5 Å². The van der Waals surface area contributed by atoms with Gasteiger partial charge in [-0.15, -0.1) is 0 Å². The van der Waals surface area contributed by atoms with Gasteiger partial charge in [0.1, 0.15) is 11.5 Å². The molecule has 2 nitrogen and oxygen atoms in total. The molecule has 0 saturated carbocycles. The van der Waals surface area contributed by atoms with Gasteiger partial charge in [-0.1, -0.05) is 104 Å². The van der Waals surface area contributed by atoms with Crippen LogP contribution in [0.1, 0.15) is 6.92 Å². The average molecular weight is 430 g/mol. The topological polar surface area (TPSA) is 40.5 Å². The fourth-order valence-electron chi connectivity index (χ4n) is 3.74. The summed E-state index contributed by atoms with van der Waals surface area (Å²) in [5.74, 6) is 0.666. The second-order valence-corrected chi connectivity index (χ2v) is 12.5. The van der Waals surface area contributed by atoms with E-state index in [1.807, 2.05) is 48.5 Å². The number of hydrogen-bond acceptors (Lipinski definition) is 2. The lowest BCUT2D eigenvalue weighted by Gasteiger charge is -2.33. The molecule has 0 spiro atoms. The molecule has 0 radical (unpaired) electrons. The van der Waals surface area contributed by atoms with Crippen LogP contribution < -0.4 is 21.2 Å². The van der Waals surface area contributed by atoms with Crippen LogP contribution in [0.4, 0.5) is 0 Å². The van der Waals surface area contributed by atoms with E-state index in [1.54, 1.807) is 12.1 Å². The molecule has 2 atom stereocenters. The van der Waals surface area contributed by atoms with E-state index in [9.17, 15) is 10.2 Å². The molecule has 4 aromatic rings. The van der Waals surface area contributed by atoms with Gasteiger partial charge in [0.2, 0.25) is 0 Å². The monoisotopic (exact) mass is 430 g/mol. The van der Waals surface area contributed by atoms with Crippen LogP contribution in [0.5, 0.6) is 11.5 Å². The number of benzene rings is 4. The molecular weight excluding hydrogens is 406 g/mol. The summed E-state index contributed by atoms with van der Waals surface area (Å²) in [4.78, 5) is 0. The van der Waals surface area contributed by atoms with Crippen molar-refractivity contribution in [2.75, 3.05) is 0 Å². The number of para-hydroxylation sites is 2. The summed E-state index contributed by atoms with van der Waals surface area (Å²) in [6.45, 7) is 2.26. The Labute approximate surface area is 180 Å². The van der Waals surface area contributed by atoms with Gasteiger partial charge in [0.05, 0.1) is 0 Å². The molecule has 0 amide bonds. The highest BCUT2D eigenvalue weighted by molar-refractivity contribution is 7.89. The zero-order valence-corrected chi connectivity index (χ0v) is 18.5. The van der Waals surface area contributed by atoms with Crippen molar-refractivity contribution in [3.63, 3.8) is 0 Å². The molecule has 0 unspecified atom stereocenters. The molecule has 4 rings (SSSR count). The molecule has 0 aliphatic rings. The van der Waals surface area contributed by atoms with Crippen LogP contribution in [0, 0.1) is 0 Å². The van der Waals surface area contributed by atoms with Crippen LogP contribution in [0.3, 0.4) is 0 Å². The normalized spacial score (nSPS) is 13.1. The third-order valence-corrected chi connectivity index (χ3v) is 11.5. The van der Waals surface area contributed by atoms with Crippen LogP contribution >= 0.6 is 15.8 Å². The maximum absolute atomic E-state index is 10.7. The third kappa shape index (κ3) is 4.26. The van der Waals surface area contributed by atoms with Gasteiger partial charge >= 0.3 is 0 Å². The van der Waals surface area contributed by atoms with E-state index < -0.39 is 15.8 Å². The standard InChI is InChI=1S/C26H24O2P2/c1-20(29(21-12-4-2-5-13-21)25-18-10-8-16-23(25)27)30(22-14-6-3-7-15-22)26-19-11-9-17-24(26)28/h2-20,27-28H,1H3/t29-,30-/m1/s1. The number of aromatic hydroxyl groups is 2. The summed E-state index contributed by atoms with van der Waals surface area (Å²) in [6, 6.07) is 36.2. The predicted octanol–water partition coefficient (Wildman–Crippen LogP) is 5.01. The van der Waals surface area contributed by atoms with Gasteiger partial charge in [-0.2, -0.15) is 0 Å². The minimum atomic E-state index is -0.864. The molecule has 150 valence electrons. The fraction of sp³-hybridized carbons (Fsp3) is 0.0769. The summed E-state index contributed by atoms with van der Waals surface area (Å²) >= 11 is 0. The molecule has 0 bridgehead atoms. The van der Waals surface area contributed by atoms with Crippen molar-refractivity contribution < 1.29 is 10.2 Å². The summed E-state index contributed by atoms with van der Waals surface area (Å²) in [5.41, 5.74) is 0. The molecule has 4 heteroatoms. The average Bonchev–Trinajstić information content (AvgIpc) is 2.78. The van der Waals surface area contributed by atoms with Gasteiger partial charge in [-0.3, -0.25) is 0 Å². The highest BCUT2D eigenvalue weighted by Gasteiger charge is 2.32. The van der Waals surface area contributed by atoms with Gasteiger partial charge in [-0.25, -0.2) is 0 Å². The Bertz CT molecular complexity index is 1010. The molecule has 30 heavy (non-hydrogen) atoms. The van der Waals surface area contributed by atoms with E-state index >= 15 is 0 Å². The van der Waals surface area contributed by atoms with Crippen molar-refractivity contribution in [1.82, 2.24) is 0 Å². The molecule has 4 aromatic carbocycles. The SMILES string of the molecule is CC([P@](c1ccccc1)c1ccccc1O)[P@](c1ccccc1)c1ccccc1O. The van der Waals surface area contributed by atoms with Crippen molar-refractivity contribution in [3.05, 3.63) is 109 Å². The number of rotatable bonds is 6. The highest BCUT2D eigenvalue weighted by Crippen LogP contribution is 2.57. The maximum atomic E-state index is 10.7. The summed E-state index contributed by atoms with van der Waals surface area (Å²) in [6.07, 6.45) is 0. The van der Waals surface area contributed by atoms with Gasteiger partial charge < -0.3 is 10.2 Å². The smallest absolute Gasteiger partial charge is 0.123 e. The van der Waals surface area contributed by atoms with Gasteiger partial charge in [-0.05, 0) is 38.6 Å². The lowest BCUT2D eigenvalue weighted by Crippen LogP contribution is -2.26. The Kier molecular flexibility index (Phi) is 6.48. The minimum absolute atomic E-state index is 0.196. The van der Waals surface area contributed by atoms with E-state index in [-0.39, 0.29) is 5.40 Å². The molecule has 2 N–H and O–H groups in total. The zero-order valence-electron chi connectivity index (χ0n) is 16.8. The molecule has 0 aliphatic heterocycles. The zero-order chi connectivity index (χ0) is 20.9. The molecule has 0 saturated heterocycles. The summed E-state index contributed by atoms with van der Waals surface area (Å²) < 4.78 is 0. The first-order valence-electron chi connectivity index (χ1n) is 9.91. The third-order valence-electron chi connectivity index (χ3n) is 5.10. The van der Waals surface area contributed by atoms with Crippen LogP contribution in [0.15, 0.2) is 109 Å². The van der Waals surface area contributed by atoms with Gasteiger partial charge in [0, 0.05) is 16.0 Å². The summed E-state index contributed by atoms with van der Waals surface area (Å²) in [7, 11) is -1.73. The van der Waals surface area contributed by atoms with Crippen molar-refractivity contribution in [2.45, 2.75) is 12.3 Å². The van der Waals surface area contributed by atoms with Gasteiger partial charge in [0.25, 0.3) is 0 Å². The summed E-state index contributed by atoms with van der Waals surface area (Å²) in [5, 5.41) is 26.1. The van der Waals surface area contributed by atoms with E-state index in [1.165, 1.54) is 10.6 Å². The lowest BCUT2D eigenvalue weighted by molar-refractivity contribution is 0.479. The van der Waals surface area contributed by atoms with Gasteiger partial charge in [0.15, 0.2) is 0 Å². The number of phenolic OH excluding ortho intramolecular Hbond substituents is 2. The van der Waals surface area contributed by atoms with Crippen LogP contribution in [0.2, 0.25) is 0 Å². The molecular formula is C26H24O2P2. The van der Waals surface area contributed by atoms with Crippen LogP contribution in [0.25, 0.3) is 0 Å². The molecule has 0 heterocycles. The molecule has 0 aliphatic carbocycles. The quantitative estimate of drug-likeness (QED) is 0.422. The van der Waals surface area contributed by atoms with Crippen LogP contribution in [-0.4, -0.2) is 15.6 Å². The Balaban J connectivity index is 1.90. The minimum Gasteiger partial charge on any atom is -0.507 e. The molecule has 0 aromatic heterocycles. The second-order valence-electron chi connectivity index (χ2n) is 7.02. The molecule has 0 fully saturated rings. The van der Waals surface area contributed by atoms with E-state index in [0.717, 1.165) is 10.6 Å². The fourth-order valence-corrected chi connectivity index (χ4v) is 10.6. The number of phenols is 2. The maximum Gasteiger partial charge on any atom is 0.123 e. The lowest BCUT2D eigenvalue weighted by atomic mass is 10.3. The van der Waals surface area contributed by atoms with Crippen molar-refractivity contribution >= 4 is 37.1 Å². The first kappa shape index (κ1) is 20.6. The van der Waals surface area contributed by atoms with Crippen molar-refractivity contribution in [3.8, 4) is 11.5 Å². The van der Waals surface area contributed by atoms with E-state index in [4.69, 9.17) is 0 Å². The first-order valence-corrected chi connectivity index (χ1v) is 12.7. The second kappa shape index (κ2) is 9.43. The predicted molar refractivity (Wildman–Crippen MR) is 131 cm³/mol. The van der Waals surface area contributed by atoms with E-state index in [2.05, 4.69) is 55.5 Å².